The van der Waals surface area contributed by atoms with Crippen LogP contribution >= 0.6 is 11.8 Å². The summed E-state index contributed by atoms with van der Waals surface area (Å²) in [5, 5.41) is 3.40. The summed E-state index contributed by atoms with van der Waals surface area (Å²) in [5.41, 5.74) is 5.49. The molecule has 0 aliphatic carbocycles. The summed E-state index contributed by atoms with van der Waals surface area (Å²) >= 11 is 1.77. The lowest BCUT2D eigenvalue weighted by molar-refractivity contribution is 0.417. The van der Waals surface area contributed by atoms with Crippen LogP contribution in [0.5, 0.6) is 0 Å². The normalized spacial score (nSPS) is 14.6. The molecule has 5 heteroatoms. The van der Waals surface area contributed by atoms with E-state index in [9.17, 15) is 0 Å². The van der Waals surface area contributed by atoms with Gasteiger partial charge in [-0.15, -0.1) is 5.10 Å². The van der Waals surface area contributed by atoms with Crippen LogP contribution in [0.15, 0.2) is 5.10 Å². The first kappa shape index (κ1) is 10.4. The molecule has 0 amide bonds. The number of hydrogen-bond donors (Lipinski definition) is 2. The van der Waals surface area contributed by atoms with Gasteiger partial charge in [-0.3, -0.25) is 0 Å². The molecular weight excluding hydrogens is 160 g/mol. The molecule has 1 unspecified atom stereocenters. The molecule has 1 atom stereocenters. The van der Waals surface area contributed by atoms with Crippen LogP contribution in [0.25, 0.3) is 0 Å². The van der Waals surface area contributed by atoms with Crippen molar-refractivity contribution in [2.45, 2.75) is 13.0 Å². The van der Waals surface area contributed by atoms with Gasteiger partial charge in [-0.1, -0.05) is 0 Å². The molecule has 0 aliphatic heterocycles. The van der Waals surface area contributed by atoms with E-state index in [-0.39, 0.29) is 0 Å². The quantitative estimate of drug-likeness (QED) is 0.272. The van der Waals surface area contributed by atoms with E-state index in [2.05, 4.69) is 18.3 Å². The number of guanidine groups is 1. The zero-order valence-corrected chi connectivity index (χ0v) is 8.06. The van der Waals surface area contributed by atoms with Gasteiger partial charge < -0.3 is 16.5 Å². The summed E-state index contributed by atoms with van der Waals surface area (Å²) in [6.45, 7) is 2.08. The lowest BCUT2D eigenvalue weighted by atomic mass is 10.3. The van der Waals surface area contributed by atoms with Crippen LogP contribution in [0.4, 0.5) is 0 Å². The molecule has 0 aliphatic rings. The molecule has 66 valence electrons. The molecule has 4 nitrogen and oxygen atoms in total. The van der Waals surface area contributed by atoms with Gasteiger partial charge in [0, 0.05) is 18.8 Å². The minimum Gasteiger partial charge on any atom is -0.368 e. The van der Waals surface area contributed by atoms with Crippen LogP contribution in [-0.4, -0.2) is 36.0 Å². The zero-order valence-electron chi connectivity index (χ0n) is 7.24. The first-order chi connectivity index (χ1) is 5.13. The van der Waals surface area contributed by atoms with E-state index in [4.69, 9.17) is 11.6 Å². The fourth-order valence-electron chi connectivity index (χ4n) is 0.670. The van der Waals surface area contributed by atoms with Crippen LogP contribution in [0.3, 0.4) is 0 Å². The Balaban J connectivity index is 3.91. The minimum absolute atomic E-state index is 0.372. The maximum Gasteiger partial charge on any atom is 0.213 e. The molecule has 0 aromatic heterocycles. The Kier molecular flexibility index (Phi) is 4.85. The Morgan fingerprint density at radius 3 is 2.64 bits per heavy atom. The third-order valence-corrected chi connectivity index (χ3v) is 2.38. The zero-order chi connectivity index (χ0) is 8.85. The third-order valence-electron chi connectivity index (χ3n) is 1.56. The van der Waals surface area contributed by atoms with E-state index >= 15 is 0 Å². The number of rotatable bonds is 3. The molecule has 0 heterocycles. The van der Waals surface area contributed by atoms with Crippen LogP contribution in [-0.2, 0) is 0 Å². The summed E-state index contributed by atoms with van der Waals surface area (Å²) in [5.74, 6) is 6.42. The van der Waals surface area contributed by atoms with Gasteiger partial charge in [-0.2, -0.15) is 11.8 Å². The Morgan fingerprint density at radius 2 is 2.27 bits per heavy atom. The first-order valence-corrected chi connectivity index (χ1v) is 4.78. The van der Waals surface area contributed by atoms with Crippen LogP contribution < -0.4 is 11.6 Å². The second-order valence-corrected chi connectivity index (χ2v) is 3.31. The summed E-state index contributed by atoms with van der Waals surface area (Å²) in [6.07, 6.45) is 2.06. The van der Waals surface area contributed by atoms with Crippen molar-refractivity contribution in [3.05, 3.63) is 0 Å². The standard InChI is InChI=1S/C6H16N4S/c1-5(4-11-3)10(2)6(7)9-8/h5H,4,8H2,1-3H3,(H2,7,9). The number of thioether (sulfide) groups is 1. The third kappa shape index (κ3) is 3.36. The summed E-state index contributed by atoms with van der Waals surface area (Å²) < 4.78 is 0. The van der Waals surface area contributed by atoms with Gasteiger partial charge in [-0.25, -0.2) is 0 Å². The fraction of sp³-hybridized carbons (Fsp3) is 0.833. The van der Waals surface area contributed by atoms with Gasteiger partial charge in [0.25, 0.3) is 0 Å². The first-order valence-electron chi connectivity index (χ1n) is 3.38. The summed E-state index contributed by atoms with van der Waals surface area (Å²) in [6, 6.07) is 0.372. The second kappa shape index (κ2) is 5.12. The highest BCUT2D eigenvalue weighted by molar-refractivity contribution is 7.98. The molecular formula is C6H16N4S. The maximum absolute atomic E-state index is 5.49. The van der Waals surface area contributed by atoms with E-state index < -0.39 is 0 Å². The molecule has 0 aromatic carbocycles. The van der Waals surface area contributed by atoms with Gasteiger partial charge in [-0.05, 0) is 13.2 Å². The highest BCUT2D eigenvalue weighted by Crippen LogP contribution is 2.02. The van der Waals surface area contributed by atoms with Gasteiger partial charge in [0.2, 0.25) is 5.96 Å². The Hall–Kier alpha value is -0.580. The van der Waals surface area contributed by atoms with Gasteiger partial charge in [0.05, 0.1) is 0 Å². The molecule has 0 saturated heterocycles. The average molecular weight is 176 g/mol. The largest absolute Gasteiger partial charge is 0.368 e. The topological polar surface area (TPSA) is 67.6 Å². The molecule has 0 saturated carbocycles. The van der Waals surface area contributed by atoms with Crippen LogP contribution in [0, 0.1) is 0 Å². The second-order valence-electron chi connectivity index (χ2n) is 2.40. The molecule has 0 radical (unpaired) electrons. The Labute approximate surface area is 72.0 Å². The fourth-order valence-corrected chi connectivity index (χ4v) is 1.38. The van der Waals surface area contributed by atoms with Crippen molar-refractivity contribution in [1.82, 2.24) is 4.90 Å². The van der Waals surface area contributed by atoms with Gasteiger partial charge in [0.15, 0.2) is 0 Å². The highest BCUT2D eigenvalue weighted by atomic mass is 32.2. The Bertz CT molecular complexity index is 137. The molecule has 11 heavy (non-hydrogen) atoms. The predicted octanol–water partition coefficient (Wildman–Crippen LogP) is -0.142. The van der Waals surface area contributed by atoms with E-state index in [0.717, 1.165) is 5.75 Å². The average Bonchev–Trinajstić information content (AvgIpc) is 2.02. The smallest absolute Gasteiger partial charge is 0.213 e. The monoisotopic (exact) mass is 176 g/mol. The van der Waals surface area contributed by atoms with E-state index in [1.165, 1.54) is 0 Å². The van der Waals surface area contributed by atoms with Crippen LogP contribution in [0.1, 0.15) is 6.92 Å². The van der Waals surface area contributed by atoms with Crippen molar-refractivity contribution in [2.75, 3.05) is 19.1 Å². The van der Waals surface area contributed by atoms with E-state index in [1.54, 1.807) is 11.8 Å². The van der Waals surface area contributed by atoms with E-state index in [1.807, 2.05) is 11.9 Å². The van der Waals surface area contributed by atoms with Crippen molar-refractivity contribution in [3.8, 4) is 0 Å². The Morgan fingerprint density at radius 1 is 1.73 bits per heavy atom. The highest BCUT2D eigenvalue weighted by Gasteiger charge is 2.09. The number of hydrogen-bond acceptors (Lipinski definition) is 3. The van der Waals surface area contributed by atoms with Gasteiger partial charge >= 0.3 is 0 Å². The van der Waals surface area contributed by atoms with Crippen molar-refractivity contribution < 1.29 is 0 Å². The van der Waals surface area contributed by atoms with Crippen molar-refractivity contribution >= 4 is 17.7 Å². The van der Waals surface area contributed by atoms with Crippen LogP contribution in [0.2, 0.25) is 0 Å². The molecule has 0 aromatic rings. The van der Waals surface area contributed by atoms with Crippen molar-refractivity contribution in [3.63, 3.8) is 0 Å². The molecule has 0 fully saturated rings. The van der Waals surface area contributed by atoms with Crippen molar-refractivity contribution in [1.29, 1.82) is 0 Å². The molecule has 4 N–H and O–H groups in total. The molecule has 0 rings (SSSR count). The number of nitrogens with zero attached hydrogens (tertiary/aromatic N) is 2. The lowest BCUT2D eigenvalue weighted by Gasteiger charge is -2.24. The minimum atomic E-state index is 0.372. The molecule has 0 spiro atoms. The number of nitrogens with two attached hydrogens (primary N) is 2. The van der Waals surface area contributed by atoms with Gasteiger partial charge in [0.1, 0.15) is 0 Å². The lowest BCUT2D eigenvalue weighted by Crippen LogP contribution is -2.42. The summed E-state index contributed by atoms with van der Waals surface area (Å²) in [4.78, 5) is 1.86. The molecule has 0 bridgehead atoms. The maximum atomic E-state index is 5.49. The number of hydrazone groups is 1. The predicted molar refractivity (Wildman–Crippen MR) is 51.4 cm³/mol. The van der Waals surface area contributed by atoms with E-state index in [0.29, 0.717) is 12.0 Å². The summed E-state index contributed by atoms with van der Waals surface area (Å²) in [7, 11) is 1.88. The van der Waals surface area contributed by atoms with Crippen molar-refractivity contribution in [2.24, 2.45) is 16.7 Å². The SMILES string of the molecule is CSCC(C)N(C)C(N)=NN.